The quantitative estimate of drug-likeness (QED) is 0.432. The van der Waals surface area contributed by atoms with E-state index in [1.165, 1.54) is 3.96 Å². The summed E-state index contributed by atoms with van der Waals surface area (Å²) in [5.41, 5.74) is 8.13. The number of azide groups is 1. The molecule has 2 heterocycles. The van der Waals surface area contributed by atoms with Crippen molar-refractivity contribution >= 4 is 39.3 Å². The van der Waals surface area contributed by atoms with E-state index in [9.17, 15) is 14.4 Å². The molecule has 2 amide bonds. The fraction of sp³-hybridized carbons (Fsp3) is 0.500. The van der Waals surface area contributed by atoms with Gasteiger partial charge in [-0.2, -0.15) is 0 Å². The van der Waals surface area contributed by atoms with E-state index in [0.717, 1.165) is 11.5 Å². The van der Waals surface area contributed by atoms with Crippen molar-refractivity contribution in [3.8, 4) is 0 Å². The van der Waals surface area contributed by atoms with Crippen molar-refractivity contribution in [3.63, 3.8) is 0 Å². The molecule has 2 aromatic rings. The minimum Gasteiger partial charge on any atom is -0.444 e. The van der Waals surface area contributed by atoms with Crippen LogP contribution in [-0.2, 0) is 16.1 Å². The van der Waals surface area contributed by atoms with Crippen LogP contribution < -0.4 is 5.56 Å². The largest absolute Gasteiger partial charge is 0.444 e. The van der Waals surface area contributed by atoms with Crippen LogP contribution >= 0.6 is 11.5 Å². The molecule has 0 saturated carbocycles. The van der Waals surface area contributed by atoms with Crippen LogP contribution in [0.5, 0.6) is 0 Å². The molecule has 0 N–H and O–H groups in total. The molecule has 0 unspecified atom stereocenters. The second kappa shape index (κ2) is 8.14. The maximum absolute atomic E-state index is 12.6. The zero-order valence-corrected chi connectivity index (χ0v) is 17.3. The molecule has 0 aliphatic carbocycles. The summed E-state index contributed by atoms with van der Waals surface area (Å²) in [6, 6.07) is 4.79. The lowest BCUT2D eigenvalue weighted by Gasteiger charge is -2.35. The first-order valence-electron chi connectivity index (χ1n) is 9.12. The van der Waals surface area contributed by atoms with Crippen molar-refractivity contribution in [3.05, 3.63) is 39.0 Å². The third-order valence-electron chi connectivity index (χ3n) is 4.35. The number of amides is 2. The molecule has 0 radical (unpaired) electrons. The highest BCUT2D eigenvalue weighted by molar-refractivity contribution is 7.13. The Bertz CT molecular complexity index is 1040. The van der Waals surface area contributed by atoms with E-state index in [0.29, 0.717) is 42.0 Å². The number of carbonyl (C=O) groups is 2. The summed E-state index contributed by atoms with van der Waals surface area (Å²) in [5.74, 6) is -0.183. The second-order valence-corrected chi connectivity index (χ2v) is 8.71. The van der Waals surface area contributed by atoms with Gasteiger partial charge in [-0.25, -0.2) is 4.79 Å². The van der Waals surface area contributed by atoms with E-state index in [1.54, 1.807) is 28.0 Å². The number of nitrogens with zero attached hydrogens (tertiary/aromatic N) is 6. The van der Waals surface area contributed by atoms with Gasteiger partial charge in [0.2, 0.25) is 5.91 Å². The molecule has 0 atom stereocenters. The Labute approximate surface area is 171 Å². The SMILES string of the molecule is CC(C)(C)OC(=O)N1CCN(C(=O)Cn2sc3cc(N=[N+]=[N-])ccc3c2=O)CC1. The summed E-state index contributed by atoms with van der Waals surface area (Å²) < 4.78 is 7.41. The van der Waals surface area contributed by atoms with Gasteiger partial charge in [0, 0.05) is 36.8 Å². The lowest BCUT2D eigenvalue weighted by atomic mass is 10.2. The number of carbonyl (C=O) groups excluding carboxylic acids is 2. The van der Waals surface area contributed by atoms with Gasteiger partial charge in [0.15, 0.2) is 0 Å². The fourth-order valence-electron chi connectivity index (χ4n) is 2.96. The van der Waals surface area contributed by atoms with Crippen molar-refractivity contribution in [1.82, 2.24) is 13.8 Å². The van der Waals surface area contributed by atoms with E-state index in [2.05, 4.69) is 10.0 Å². The van der Waals surface area contributed by atoms with Gasteiger partial charge >= 0.3 is 6.09 Å². The Morgan fingerprint density at radius 2 is 1.86 bits per heavy atom. The van der Waals surface area contributed by atoms with E-state index in [4.69, 9.17) is 10.3 Å². The topological polar surface area (TPSA) is 121 Å². The molecule has 1 aromatic carbocycles. The number of benzene rings is 1. The van der Waals surface area contributed by atoms with Crippen LogP contribution in [0, 0.1) is 0 Å². The van der Waals surface area contributed by atoms with Gasteiger partial charge in [0.1, 0.15) is 12.1 Å². The molecule has 3 rings (SSSR count). The number of aromatic nitrogens is 1. The molecule has 154 valence electrons. The number of hydrogen-bond acceptors (Lipinski definition) is 6. The zero-order chi connectivity index (χ0) is 21.2. The minimum atomic E-state index is -0.565. The van der Waals surface area contributed by atoms with E-state index in [-0.39, 0.29) is 24.1 Å². The van der Waals surface area contributed by atoms with Gasteiger partial charge < -0.3 is 14.5 Å². The third kappa shape index (κ3) is 4.87. The van der Waals surface area contributed by atoms with Gasteiger partial charge in [-0.3, -0.25) is 13.5 Å². The molecule has 1 aliphatic heterocycles. The average Bonchev–Trinajstić information content (AvgIpc) is 2.96. The summed E-state index contributed by atoms with van der Waals surface area (Å²) in [7, 11) is 0. The lowest BCUT2D eigenvalue weighted by Crippen LogP contribution is -2.52. The number of hydrogen-bond donors (Lipinski definition) is 0. The predicted molar refractivity (Wildman–Crippen MR) is 109 cm³/mol. The molecule has 0 bridgehead atoms. The first-order chi connectivity index (χ1) is 13.7. The fourth-order valence-corrected chi connectivity index (χ4v) is 3.98. The molecule has 1 aliphatic rings. The summed E-state index contributed by atoms with van der Waals surface area (Å²) >= 11 is 1.16. The Hall–Kier alpha value is -3.04. The molecule has 1 fully saturated rings. The second-order valence-electron chi connectivity index (χ2n) is 7.65. The van der Waals surface area contributed by atoms with E-state index in [1.807, 2.05) is 20.8 Å². The number of fused-ring (bicyclic) bond motifs is 1. The molecule has 29 heavy (non-hydrogen) atoms. The number of piperazine rings is 1. The van der Waals surface area contributed by atoms with Crippen LogP contribution in [-0.4, -0.2) is 57.5 Å². The van der Waals surface area contributed by atoms with Gasteiger partial charge in [-0.15, -0.1) is 0 Å². The van der Waals surface area contributed by atoms with Gasteiger partial charge in [-0.05, 0) is 38.4 Å². The highest BCUT2D eigenvalue weighted by Gasteiger charge is 2.28. The summed E-state index contributed by atoms with van der Waals surface area (Å²) in [6.07, 6.45) is -0.388. The Balaban J connectivity index is 1.64. The first-order valence-corrected chi connectivity index (χ1v) is 9.90. The van der Waals surface area contributed by atoms with Gasteiger partial charge in [0.25, 0.3) is 5.56 Å². The Kier molecular flexibility index (Phi) is 5.81. The van der Waals surface area contributed by atoms with Crippen LogP contribution in [0.15, 0.2) is 28.1 Å². The molecular formula is C18H22N6O4S. The van der Waals surface area contributed by atoms with Crippen molar-refractivity contribution in [2.24, 2.45) is 5.11 Å². The highest BCUT2D eigenvalue weighted by atomic mass is 32.1. The third-order valence-corrected chi connectivity index (χ3v) is 5.40. The Morgan fingerprint density at radius 1 is 1.21 bits per heavy atom. The van der Waals surface area contributed by atoms with Crippen LogP contribution in [0.4, 0.5) is 10.5 Å². The minimum absolute atomic E-state index is 0.0680. The maximum atomic E-state index is 12.6. The van der Waals surface area contributed by atoms with Crippen molar-refractivity contribution < 1.29 is 14.3 Å². The average molecular weight is 418 g/mol. The molecule has 1 saturated heterocycles. The standard InChI is InChI=1S/C18H22N6O4S/c1-18(2,3)28-17(27)23-8-6-22(7-9-23)15(25)11-24-16(26)13-5-4-12(20-21-19)10-14(13)29-24/h4-5,10H,6-9,11H2,1-3H3. The van der Waals surface area contributed by atoms with Crippen molar-refractivity contribution in [1.29, 1.82) is 0 Å². The molecule has 11 heteroatoms. The zero-order valence-electron chi connectivity index (χ0n) is 16.5. The number of rotatable bonds is 3. The van der Waals surface area contributed by atoms with Crippen LogP contribution in [0.2, 0.25) is 0 Å². The Morgan fingerprint density at radius 3 is 2.48 bits per heavy atom. The number of ether oxygens (including phenoxy) is 1. The first kappa shape index (κ1) is 20.7. The predicted octanol–water partition coefficient (Wildman–Crippen LogP) is 3.08. The van der Waals surface area contributed by atoms with E-state index >= 15 is 0 Å². The normalized spacial score (nSPS) is 14.6. The molecular weight excluding hydrogens is 396 g/mol. The van der Waals surface area contributed by atoms with Crippen molar-refractivity contribution in [2.75, 3.05) is 26.2 Å². The monoisotopic (exact) mass is 418 g/mol. The molecule has 10 nitrogen and oxygen atoms in total. The van der Waals surface area contributed by atoms with Crippen LogP contribution in [0.3, 0.4) is 0 Å². The maximum Gasteiger partial charge on any atom is 0.410 e. The van der Waals surface area contributed by atoms with Crippen LogP contribution in [0.1, 0.15) is 20.8 Å². The highest BCUT2D eigenvalue weighted by Crippen LogP contribution is 2.23. The van der Waals surface area contributed by atoms with Gasteiger partial charge in [0.05, 0.1) is 10.1 Å². The van der Waals surface area contributed by atoms with E-state index < -0.39 is 5.60 Å². The smallest absolute Gasteiger partial charge is 0.410 e. The summed E-state index contributed by atoms with van der Waals surface area (Å²) in [5, 5.41) is 4.01. The summed E-state index contributed by atoms with van der Waals surface area (Å²) in [4.78, 5) is 43.2. The lowest BCUT2D eigenvalue weighted by molar-refractivity contribution is -0.133. The molecule has 0 spiro atoms. The van der Waals surface area contributed by atoms with Crippen LogP contribution in [0.25, 0.3) is 20.5 Å². The molecule has 1 aromatic heterocycles. The summed E-state index contributed by atoms with van der Waals surface area (Å²) in [6.45, 7) is 6.91. The van der Waals surface area contributed by atoms with Crippen molar-refractivity contribution in [2.45, 2.75) is 32.9 Å². The van der Waals surface area contributed by atoms with Gasteiger partial charge in [-0.1, -0.05) is 22.7 Å².